The monoisotopic (exact) mass is 414 g/mol. The Balaban J connectivity index is 1.45. The Labute approximate surface area is 173 Å². The van der Waals surface area contributed by atoms with Crippen molar-refractivity contribution in [2.75, 3.05) is 36.4 Å². The van der Waals surface area contributed by atoms with Gasteiger partial charge < -0.3 is 20.9 Å². The molecule has 2 fully saturated rings. The molecule has 2 saturated heterocycles. The summed E-state index contributed by atoms with van der Waals surface area (Å²) < 4.78 is 27.7. The van der Waals surface area contributed by atoms with Crippen LogP contribution >= 0.6 is 0 Å². The maximum absolute atomic E-state index is 13.9. The van der Waals surface area contributed by atoms with Gasteiger partial charge in [-0.15, -0.1) is 0 Å². The van der Waals surface area contributed by atoms with Gasteiger partial charge in [0.15, 0.2) is 0 Å². The minimum Gasteiger partial charge on any atom is -0.369 e. The Morgan fingerprint density at radius 2 is 1.80 bits per heavy atom. The molecule has 3 atom stereocenters. The number of nitrogens with zero attached hydrogens (tertiary/aromatic N) is 1. The molecule has 0 bridgehead atoms. The molecular weight excluding hydrogens is 390 g/mol. The molecule has 158 valence electrons. The van der Waals surface area contributed by atoms with Crippen LogP contribution in [-0.2, 0) is 4.79 Å². The van der Waals surface area contributed by atoms with Crippen LogP contribution in [-0.4, -0.2) is 44.0 Å². The zero-order valence-electron chi connectivity index (χ0n) is 16.6. The summed E-state index contributed by atoms with van der Waals surface area (Å²) in [6.45, 7) is 5.10. The lowest BCUT2D eigenvalue weighted by molar-refractivity contribution is -0.117. The largest absolute Gasteiger partial charge is 0.369 e. The van der Waals surface area contributed by atoms with Crippen molar-refractivity contribution in [2.45, 2.75) is 13.0 Å². The molecule has 2 aromatic carbocycles. The fraction of sp³-hybridized carbons (Fsp3) is 0.364. The lowest BCUT2D eigenvalue weighted by Crippen LogP contribution is -2.42. The minimum absolute atomic E-state index is 0.138. The van der Waals surface area contributed by atoms with Crippen molar-refractivity contribution >= 4 is 23.2 Å². The molecule has 0 saturated carbocycles. The average molecular weight is 414 g/mol. The van der Waals surface area contributed by atoms with Gasteiger partial charge in [-0.2, -0.15) is 0 Å². The van der Waals surface area contributed by atoms with E-state index in [4.69, 9.17) is 0 Å². The Morgan fingerprint density at radius 3 is 2.50 bits per heavy atom. The summed E-state index contributed by atoms with van der Waals surface area (Å²) in [5.41, 5.74) is 0.979. The molecule has 2 aromatic rings. The minimum atomic E-state index is -0.935. The summed E-state index contributed by atoms with van der Waals surface area (Å²) in [6.07, 6.45) is 0. The van der Waals surface area contributed by atoms with Crippen molar-refractivity contribution in [1.29, 1.82) is 0 Å². The number of carbonyl (C=O) groups is 2. The van der Waals surface area contributed by atoms with E-state index in [1.165, 1.54) is 37.3 Å². The first-order valence-corrected chi connectivity index (χ1v) is 10.0. The van der Waals surface area contributed by atoms with Crippen LogP contribution in [0.4, 0.5) is 20.2 Å². The van der Waals surface area contributed by atoms with Crippen molar-refractivity contribution in [3.63, 3.8) is 0 Å². The molecule has 0 aliphatic carbocycles. The zero-order chi connectivity index (χ0) is 21.3. The van der Waals surface area contributed by atoms with Crippen LogP contribution in [0.2, 0.25) is 0 Å². The second-order valence-electron chi connectivity index (χ2n) is 7.91. The molecule has 6 nitrogen and oxygen atoms in total. The van der Waals surface area contributed by atoms with Gasteiger partial charge in [0.2, 0.25) is 5.91 Å². The molecule has 2 amide bonds. The molecule has 0 radical (unpaired) electrons. The standard InChI is InChI=1S/C22H24F2N4O2/c1-13(26-22(30)17-4-2-3-5-18(17)24)21(29)27-19-8-16(23)6-7-20(19)28-11-14-9-25-10-15(14)12-28/h2-8,13-15,25H,9-12H2,1H3,(H,26,30)(H,27,29). The van der Waals surface area contributed by atoms with E-state index in [0.29, 0.717) is 17.5 Å². The van der Waals surface area contributed by atoms with Gasteiger partial charge in [-0.3, -0.25) is 9.59 Å². The molecule has 0 aromatic heterocycles. The van der Waals surface area contributed by atoms with Crippen LogP contribution in [0.25, 0.3) is 0 Å². The number of fused-ring (bicyclic) bond motifs is 1. The molecule has 0 spiro atoms. The van der Waals surface area contributed by atoms with E-state index in [1.807, 2.05) is 0 Å². The molecule has 2 aliphatic rings. The third kappa shape index (κ3) is 4.14. The average Bonchev–Trinajstić information content (AvgIpc) is 3.30. The number of benzene rings is 2. The van der Waals surface area contributed by atoms with E-state index in [-0.39, 0.29) is 5.56 Å². The predicted molar refractivity (Wildman–Crippen MR) is 110 cm³/mol. The highest BCUT2D eigenvalue weighted by atomic mass is 19.1. The Morgan fingerprint density at radius 1 is 1.10 bits per heavy atom. The third-order valence-corrected chi connectivity index (χ3v) is 5.81. The van der Waals surface area contributed by atoms with Gasteiger partial charge >= 0.3 is 0 Å². The normalized spacial score (nSPS) is 21.2. The number of rotatable bonds is 5. The summed E-state index contributed by atoms with van der Waals surface area (Å²) in [6, 6.07) is 8.95. The summed E-state index contributed by atoms with van der Waals surface area (Å²) in [5, 5.41) is 8.59. The number of hydrogen-bond acceptors (Lipinski definition) is 4. The van der Waals surface area contributed by atoms with Crippen LogP contribution in [0.15, 0.2) is 42.5 Å². The fourth-order valence-electron chi connectivity index (χ4n) is 4.16. The number of halogens is 2. The predicted octanol–water partition coefficient (Wildman–Crippen LogP) is 2.38. The van der Waals surface area contributed by atoms with Gasteiger partial charge in [0.1, 0.15) is 17.7 Å². The zero-order valence-corrected chi connectivity index (χ0v) is 16.6. The lowest BCUT2D eigenvalue weighted by atomic mass is 10.0. The molecule has 2 aliphatic heterocycles. The van der Waals surface area contributed by atoms with Crippen molar-refractivity contribution in [1.82, 2.24) is 10.6 Å². The number of amides is 2. The summed E-state index contributed by atoms with van der Waals surface area (Å²) in [5.74, 6) is -1.24. The molecule has 3 N–H and O–H groups in total. The Kier molecular flexibility index (Phi) is 5.67. The second kappa shape index (κ2) is 8.39. The van der Waals surface area contributed by atoms with Crippen molar-refractivity contribution in [3.05, 3.63) is 59.7 Å². The van der Waals surface area contributed by atoms with E-state index in [9.17, 15) is 18.4 Å². The van der Waals surface area contributed by atoms with Crippen LogP contribution in [0, 0.1) is 23.5 Å². The van der Waals surface area contributed by atoms with Gasteiger partial charge in [0, 0.05) is 26.2 Å². The van der Waals surface area contributed by atoms with Crippen molar-refractivity contribution < 1.29 is 18.4 Å². The fourth-order valence-corrected chi connectivity index (χ4v) is 4.16. The highest BCUT2D eigenvalue weighted by Crippen LogP contribution is 2.35. The number of anilines is 2. The maximum Gasteiger partial charge on any atom is 0.254 e. The number of nitrogens with one attached hydrogen (secondary N) is 3. The summed E-state index contributed by atoms with van der Waals surface area (Å²) >= 11 is 0. The van der Waals surface area contributed by atoms with E-state index in [2.05, 4.69) is 20.9 Å². The smallest absolute Gasteiger partial charge is 0.254 e. The third-order valence-electron chi connectivity index (χ3n) is 5.81. The van der Waals surface area contributed by atoms with E-state index in [0.717, 1.165) is 31.9 Å². The van der Waals surface area contributed by atoms with Crippen LogP contribution in [0.1, 0.15) is 17.3 Å². The van der Waals surface area contributed by atoms with E-state index >= 15 is 0 Å². The molecule has 4 rings (SSSR count). The van der Waals surface area contributed by atoms with E-state index in [1.54, 1.807) is 12.1 Å². The van der Waals surface area contributed by atoms with Crippen LogP contribution in [0.5, 0.6) is 0 Å². The SMILES string of the molecule is CC(NC(=O)c1ccccc1F)C(=O)Nc1cc(F)ccc1N1CC2CNCC2C1. The molecular formula is C22H24F2N4O2. The van der Waals surface area contributed by atoms with Gasteiger partial charge in [-0.1, -0.05) is 12.1 Å². The van der Waals surface area contributed by atoms with Crippen LogP contribution < -0.4 is 20.9 Å². The van der Waals surface area contributed by atoms with Crippen LogP contribution in [0.3, 0.4) is 0 Å². The summed E-state index contributed by atoms with van der Waals surface area (Å²) in [4.78, 5) is 27.1. The quantitative estimate of drug-likeness (QED) is 0.703. The molecule has 30 heavy (non-hydrogen) atoms. The van der Waals surface area contributed by atoms with Crippen molar-refractivity contribution in [3.8, 4) is 0 Å². The molecule has 8 heteroatoms. The van der Waals surface area contributed by atoms with Gasteiger partial charge in [-0.05, 0) is 49.1 Å². The Hall–Kier alpha value is -3.00. The Bertz CT molecular complexity index is 956. The lowest BCUT2D eigenvalue weighted by Gasteiger charge is -2.24. The first kappa shape index (κ1) is 20.3. The first-order chi connectivity index (χ1) is 14.4. The summed E-state index contributed by atoms with van der Waals surface area (Å²) in [7, 11) is 0. The van der Waals surface area contributed by atoms with Crippen molar-refractivity contribution in [2.24, 2.45) is 11.8 Å². The maximum atomic E-state index is 13.9. The molecule has 2 heterocycles. The first-order valence-electron chi connectivity index (χ1n) is 10.0. The topological polar surface area (TPSA) is 73.5 Å². The van der Waals surface area contributed by atoms with Gasteiger partial charge in [0.25, 0.3) is 5.91 Å². The van der Waals surface area contributed by atoms with Gasteiger partial charge in [-0.25, -0.2) is 8.78 Å². The number of carbonyl (C=O) groups excluding carboxylic acids is 2. The number of hydrogen-bond donors (Lipinski definition) is 3. The van der Waals surface area contributed by atoms with E-state index < -0.39 is 29.5 Å². The van der Waals surface area contributed by atoms with Gasteiger partial charge in [0.05, 0.1) is 16.9 Å². The highest BCUT2D eigenvalue weighted by molar-refractivity contribution is 6.02. The second-order valence-corrected chi connectivity index (χ2v) is 7.91. The molecule has 3 unspecified atom stereocenters. The highest BCUT2D eigenvalue weighted by Gasteiger charge is 2.37.